The van der Waals surface area contributed by atoms with Gasteiger partial charge < -0.3 is 9.64 Å². The van der Waals surface area contributed by atoms with E-state index in [2.05, 4.69) is 11.8 Å². The first-order valence-electron chi connectivity index (χ1n) is 5.82. The second-order valence-electron chi connectivity index (χ2n) is 5.16. The average molecular weight is 223 g/mol. The Kier molecular flexibility index (Phi) is 4.23. The number of nitrogens with zero attached hydrogens (tertiary/aromatic N) is 1. The van der Waals surface area contributed by atoms with Gasteiger partial charge in [-0.2, -0.15) is 0 Å². The maximum atomic E-state index is 11.8. The van der Waals surface area contributed by atoms with Gasteiger partial charge in [-0.3, -0.25) is 0 Å². The van der Waals surface area contributed by atoms with Crippen molar-refractivity contribution in [1.29, 1.82) is 0 Å². The zero-order valence-electron chi connectivity index (χ0n) is 10.7. The largest absolute Gasteiger partial charge is 0.444 e. The summed E-state index contributed by atoms with van der Waals surface area (Å²) in [5.41, 5.74) is -0.416. The van der Waals surface area contributed by atoms with Gasteiger partial charge in [0, 0.05) is 19.0 Å². The van der Waals surface area contributed by atoms with Crippen molar-refractivity contribution in [3.8, 4) is 11.8 Å². The quantitative estimate of drug-likeness (QED) is 0.591. The molecule has 1 unspecified atom stereocenters. The standard InChI is InChI=1S/C13H21NO2/c1-5-7-11-8-6-9-14(10-11)12(15)16-13(2,3)4/h11H,6,8-10H2,1-4H3. The molecule has 0 bridgehead atoms. The smallest absolute Gasteiger partial charge is 0.410 e. The van der Waals surface area contributed by atoms with E-state index in [1.54, 1.807) is 4.90 Å². The maximum absolute atomic E-state index is 11.8. The number of rotatable bonds is 0. The number of carbonyl (C=O) groups is 1. The van der Waals surface area contributed by atoms with Crippen LogP contribution in [0.1, 0.15) is 40.5 Å². The molecule has 0 radical (unpaired) electrons. The Hall–Kier alpha value is -1.17. The molecule has 0 saturated carbocycles. The van der Waals surface area contributed by atoms with Crippen molar-refractivity contribution in [1.82, 2.24) is 4.90 Å². The van der Waals surface area contributed by atoms with Crippen LogP contribution in [-0.4, -0.2) is 29.7 Å². The minimum atomic E-state index is -0.416. The molecule has 0 aromatic heterocycles. The summed E-state index contributed by atoms with van der Waals surface area (Å²) in [5, 5.41) is 0. The fraction of sp³-hybridized carbons (Fsp3) is 0.769. The monoisotopic (exact) mass is 223 g/mol. The first-order valence-corrected chi connectivity index (χ1v) is 5.82. The normalized spacial score (nSPS) is 21.0. The molecule has 0 aromatic carbocycles. The summed E-state index contributed by atoms with van der Waals surface area (Å²) in [6.45, 7) is 8.99. The Balaban J connectivity index is 2.52. The van der Waals surface area contributed by atoms with Crippen molar-refractivity contribution >= 4 is 6.09 Å². The van der Waals surface area contributed by atoms with Crippen LogP contribution >= 0.6 is 0 Å². The molecule has 0 aromatic rings. The van der Waals surface area contributed by atoms with Gasteiger partial charge in [-0.1, -0.05) is 5.92 Å². The molecular weight excluding hydrogens is 202 g/mol. The van der Waals surface area contributed by atoms with Crippen molar-refractivity contribution in [2.75, 3.05) is 13.1 Å². The third kappa shape index (κ3) is 4.14. The first kappa shape index (κ1) is 12.9. The molecule has 1 fully saturated rings. The molecule has 3 heteroatoms. The number of hydrogen-bond donors (Lipinski definition) is 0. The number of ether oxygens (including phenoxy) is 1. The molecular formula is C13H21NO2. The fourth-order valence-electron chi connectivity index (χ4n) is 1.79. The van der Waals surface area contributed by atoms with Crippen molar-refractivity contribution in [3.05, 3.63) is 0 Å². The number of amides is 1. The summed E-state index contributed by atoms with van der Waals surface area (Å²) in [5.74, 6) is 6.36. The Morgan fingerprint density at radius 2 is 2.12 bits per heavy atom. The molecule has 16 heavy (non-hydrogen) atoms. The topological polar surface area (TPSA) is 29.5 Å². The van der Waals surface area contributed by atoms with Crippen LogP contribution in [0.25, 0.3) is 0 Å². The van der Waals surface area contributed by atoms with Gasteiger partial charge in [-0.15, -0.1) is 5.92 Å². The molecule has 90 valence electrons. The average Bonchev–Trinajstić information content (AvgIpc) is 2.16. The van der Waals surface area contributed by atoms with Gasteiger partial charge in [0.2, 0.25) is 0 Å². The summed E-state index contributed by atoms with van der Waals surface area (Å²) in [7, 11) is 0. The minimum Gasteiger partial charge on any atom is -0.444 e. The third-order valence-electron chi connectivity index (χ3n) is 2.42. The molecule has 1 rings (SSSR count). The fourth-order valence-corrected chi connectivity index (χ4v) is 1.79. The molecule has 1 atom stereocenters. The molecule has 0 aliphatic carbocycles. The van der Waals surface area contributed by atoms with Crippen LogP contribution in [0.3, 0.4) is 0 Å². The van der Waals surface area contributed by atoms with Gasteiger partial charge in [0.1, 0.15) is 5.60 Å². The summed E-state index contributed by atoms with van der Waals surface area (Å²) in [6, 6.07) is 0. The van der Waals surface area contributed by atoms with Gasteiger partial charge >= 0.3 is 6.09 Å². The SMILES string of the molecule is CC#CC1CCCN(C(=O)OC(C)(C)C)C1. The van der Waals surface area contributed by atoms with Crippen LogP contribution in [0.4, 0.5) is 4.79 Å². The lowest BCUT2D eigenvalue weighted by molar-refractivity contribution is 0.0190. The van der Waals surface area contributed by atoms with E-state index in [9.17, 15) is 4.79 Å². The summed E-state index contributed by atoms with van der Waals surface area (Å²) in [6.07, 6.45) is 1.88. The number of likely N-dealkylation sites (tertiary alicyclic amines) is 1. The lowest BCUT2D eigenvalue weighted by Gasteiger charge is -2.32. The zero-order chi connectivity index (χ0) is 12.2. The van der Waals surface area contributed by atoms with Crippen LogP contribution < -0.4 is 0 Å². The van der Waals surface area contributed by atoms with Crippen LogP contribution in [0.2, 0.25) is 0 Å². The lowest BCUT2D eigenvalue weighted by atomic mass is 9.99. The predicted molar refractivity (Wildman–Crippen MR) is 64.0 cm³/mol. The van der Waals surface area contributed by atoms with E-state index in [0.29, 0.717) is 12.5 Å². The molecule has 1 saturated heterocycles. The highest BCUT2D eigenvalue weighted by atomic mass is 16.6. The highest BCUT2D eigenvalue weighted by molar-refractivity contribution is 5.68. The van der Waals surface area contributed by atoms with E-state index in [1.807, 2.05) is 27.7 Å². The highest BCUT2D eigenvalue weighted by Crippen LogP contribution is 2.18. The van der Waals surface area contributed by atoms with Gasteiger partial charge in [-0.25, -0.2) is 4.79 Å². The van der Waals surface area contributed by atoms with E-state index in [1.165, 1.54) is 0 Å². The van der Waals surface area contributed by atoms with Crippen LogP contribution in [0.5, 0.6) is 0 Å². The molecule has 1 heterocycles. The Labute approximate surface area is 98.1 Å². The van der Waals surface area contributed by atoms with Crippen molar-refractivity contribution in [3.63, 3.8) is 0 Å². The van der Waals surface area contributed by atoms with E-state index >= 15 is 0 Å². The molecule has 0 N–H and O–H groups in total. The minimum absolute atomic E-state index is 0.213. The van der Waals surface area contributed by atoms with E-state index in [-0.39, 0.29) is 6.09 Å². The van der Waals surface area contributed by atoms with Crippen LogP contribution in [0, 0.1) is 17.8 Å². The van der Waals surface area contributed by atoms with E-state index < -0.39 is 5.60 Å². The molecule has 0 spiro atoms. The second kappa shape index (κ2) is 5.25. The zero-order valence-corrected chi connectivity index (χ0v) is 10.7. The summed E-state index contributed by atoms with van der Waals surface area (Å²) in [4.78, 5) is 13.6. The van der Waals surface area contributed by atoms with Crippen molar-refractivity contribution in [2.24, 2.45) is 5.92 Å². The Morgan fingerprint density at radius 3 is 2.69 bits per heavy atom. The summed E-state index contributed by atoms with van der Waals surface area (Å²) < 4.78 is 5.34. The number of hydrogen-bond acceptors (Lipinski definition) is 2. The van der Waals surface area contributed by atoms with Gasteiger partial charge in [0.15, 0.2) is 0 Å². The van der Waals surface area contributed by atoms with Gasteiger partial charge in [-0.05, 0) is 40.5 Å². The van der Waals surface area contributed by atoms with E-state index in [0.717, 1.165) is 19.4 Å². The Morgan fingerprint density at radius 1 is 1.44 bits per heavy atom. The van der Waals surface area contributed by atoms with Gasteiger partial charge in [0.25, 0.3) is 0 Å². The maximum Gasteiger partial charge on any atom is 0.410 e. The molecule has 3 nitrogen and oxygen atoms in total. The number of carbonyl (C=O) groups excluding carboxylic acids is 1. The number of piperidine rings is 1. The highest BCUT2D eigenvalue weighted by Gasteiger charge is 2.26. The molecule has 1 aliphatic rings. The molecule has 1 aliphatic heterocycles. The van der Waals surface area contributed by atoms with Crippen molar-refractivity contribution in [2.45, 2.75) is 46.1 Å². The molecule has 1 amide bonds. The van der Waals surface area contributed by atoms with Crippen LogP contribution in [0.15, 0.2) is 0 Å². The van der Waals surface area contributed by atoms with Gasteiger partial charge in [0.05, 0.1) is 0 Å². The Bertz CT molecular complexity index is 306. The van der Waals surface area contributed by atoms with E-state index in [4.69, 9.17) is 4.74 Å². The second-order valence-corrected chi connectivity index (χ2v) is 5.16. The predicted octanol–water partition coefficient (Wildman–Crippen LogP) is 2.66. The first-order chi connectivity index (χ1) is 7.42. The lowest BCUT2D eigenvalue weighted by Crippen LogP contribution is -2.42. The summed E-state index contributed by atoms with van der Waals surface area (Å²) >= 11 is 0. The van der Waals surface area contributed by atoms with Crippen LogP contribution in [-0.2, 0) is 4.74 Å². The van der Waals surface area contributed by atoms with Crippen molar-refractivity contribution < 1.29 is 9.53 Å². The third-order valence-corrected chi connectivity index (χ3v) is 2.42.